The number of nitrogens with zero attached hydrogens (tertiary/aromatic N) is 2. The Morgan fingerprint density at radius 3 is 2.32 bits per heavy atom. The number of carbonyl (C=O) groups is 1. The molecule has 4 rings (SSSR count). The maximum Gasteiger partial charge on any atom is 0.251 e. The molecule has 0 radical (unpaired) electrons. The molecule has 0 aliphatic heterocycles. The van der Waals surface area contributed by atoms with Crippen LogP contribution < -0.4 is 10.6 Å². The van der Waals surface area contributed by atoms with Gasteiger partial charge >= 0.3 is 0 Å². The number of rotatable bonds is 6. The van der Waals surface area contributed by atoms with Gasteiger partial charge in [0.25, 0.3) is 5.91 Å². The van der Waals surface area contributed by atoms with Crippen LogP contribution in [0.4, 0.5) is 15.9 Å². The molecule has 2 N–H and O–H groups in total. The highest BCUT2D eigenvalue weighted by molar-refractivity contribution is 9.10. The zero-order valence-corrected chi connectivity index (χ0v) is 17.9. The van der Waals surface area contributed by atoms with E-state index in [1.54, 1.807) is 36.5 Å². The molecule has 0 fully saturated rings. The first-order valence-electron chi connectivity index (χ1n) is 9.55. The Kier molecular flexibility index (Phi) is 6.33. The smallest absolute Gasteiger partial charge is 0.251 e. The number of carbonyl (C=O) groups excluding carboxylic acids is 1. The first-order chi connectivity index (χ1) is 15.1. The number of amides is 1. The lowest BCUT2D eigenvalue weighted by Crippen LogP contribution is -2.22. The minimum Gasteiger partial charge on any atom is -0.348 e. The summed E-state index contributed by atoms with van der Waals surface area (Å²) in [5.74, 6) is 0.643. The average Bonchev–Trinajstić information content (AvgIpc) is 2.80. The third-order valence-electron chi connectivity index (χ3n) is 4.54. The number of hydrogen-bond acceptors (Lipinski definition) is 4. The Bertz CT molecular complexity index is 1180. The summed E-state index contributed by atoms with van der Waals surface area (Å²) in [7, 11) is 0. The van der Waals surface area contributed by atoms with Crippen LogP contribution in [0.3, 0.4) is 0 Å². The molecule has 0 bridgehead atoms. The Morgan fingerprint density at radius 2 is 1.61 bits per heavy atom. The fourth-order valence-electron chi connectivity index (χ4n) is 2.91. The number of nitrogens with one attached hydrogen (secondary N) is 2. The van der Waals surface area contributed by atoms with Crippen LogP contribution in [0.15, 0.2) is 89.5 Å². The first kappa shape index (κ1) is 20.7. The van der Waals surface area contributed by atoms with Gasteiger partial charge in [0.05, 0.1) is 0 Å². The van der Waals surface area contributed by atoms with Gasteiger partial charge in [-0.2, -0.15) is 0 Å². The molecule has 0 unspecified atom stereocenters. The number of halogens is 2. The Labute approximate surface area is 187 Å². The maximum atomic E-state index is 13.1. The van der Waals surface area contributed by atoms with E-state index >= 15 is 0 Å². The lowest BCUT2D eigenvalue weighted by Gasteiger charge is -2.09. The van der Waals surface area contributed by atoms with Gasteiger partial charge in [-0.1, -0.05) is 28.1 Å². The van der Waals surface area contributed by atoms with Gasteiger partial charge in [0, 0.05) is 34.0 Å². The van der Waals surface area contributed by atoms with Crippen LogP contribution in [-0.2, 0) is 6.54 Å². The number of hydrogen-bond donors (Lipinski definition) is 2. The SMILES string of the molecule is O=C(NCc1ccc(Br)cc1)c1ccc(Nc2ccnc(-c3ccc(F)cc3)n2)cc1. The number of aromatic nitrogens is 2. The molecule has 3 aromatic carbocycles. The lowest BCUT2D eigenvalue weighted by atomic mass is 10.1. The minimum atomic E-state index is -0.306. The van der Waals surface area contributed by atoms with E-state index in [2.05, 4.69) is 36.5 Å². The quantitative estimate of drug-likeness (QED) is 0.373. The van der Waals surface area contributed by atoms with E-state index in [-0.39, 0.29) is 11.7 Å². The van der Waals surface area contributed by atoms with Crippen LogP contribution in [0.5, 0.6) is 0 Å². The molecule has 5 nitrogen and oxygen atoms in total. The molecule has 0 atom stereocenters. The summed E-state index contributed by atoms with van der Waals surface area (Å²) in [4.78, 5) is 21.1. The van der Waals surface area contributed by atoms with E-state index in [1.807, 2.05) is 36.4 Å². The summed E-state index contributed by atoms with van der Waals surface area (Å²) in [6.45, 7) is 0.458. The topological polar surface area (TPSA) is 66.9 Å². The van der Waals surface area contributed by atoms with Crippen molar-refractivity contribution in [3.8, 4) is 11.4 Å². The summed E-state index contributed by atoms with van der Waals surface area (Å²) in [5, 5.41) is 6.10. The molecule has 4 aromatic rings. The third kappa shape index (κ3) is 5.52. The van der Waals surface area contributed by atoms with Gasteiger partial charge in [0.2, 0.25) is 0 Å². The van der Waals surface area contributed by atoms with Crippen LogP contribution in [0.2, 0.25) is 0 Å². The van der Waals surface area contributed by atoms with E-state index in [9.17, 15) is 9.18 Å². The average molecular weight is 477 g/mol. The molecule has 154 valence electrons. The van der Waals surface area contributed by atoms with Crippen molar-refractivity contribution in [3.05, 3.63) is 106 Å². The molecule has 31 heavy (non-hydrogen) atoms. The molecule has 0 saturated heterocycles. The van der Waals surface area contributed by atoms with E-state index in [1.165, 1.54) is 12.1 Å². The first-order valence-corrected chi connectivity index (χ1v) is 10.3. The molecular weight excluding hydrogens is 459 g/mol. The standard InChI is InChI=1S/C24H18BrFN4O/c25-19-7-1-16(2-8-19)15-28-24(31)18-5-11-21(12-6-18)29-22-13-14-27-23(30-22)17-3-9-20(26)10-4-17/h1-14H,15H2,(H,28,31)(H,27,29,30). The Hall–Kier alpha value is -3.58. The summed E-state index contributed by atoms with van der Waals surface area (Å²) in [5.41, 5.74) is 3.10. The summed E-state index contributed by atoms with van der Waals surface area (Å²) in [6.07, 6.45) is 1.64. The largest absolute Gasteiger partial charge is 0.348 e. The van der Waals surface area contributed by atoms with Gasteiger partial charge in [-0.3, -0.25) is 4.79 Å². The van der Waals surface area contributed by atoms with E-state index < -0.39 is 0 Å². The van der Waals surface area contributed by atoms with Crippen molar-refractivity contribution in [2.24, 2.45) is 0 Å². The molecule has 1 heterocycles. The van der Waals surface area contributed by atoms with Crippen molar-refractivity contribution in [3.63, 3.8) is 0 Å². The lowest BCUT2D eigenvalue weighted by molar-refractivity contribution is 0.0951. The van der Waals surface area contributed by atoms with Gasteiger partial charge in [-0.05, 0) is 72.3 Å². The summed E-state index contributed by atoms with van der Waals surface area (Å²) >= 11 is 3.40. The van der Waals surface area contributed by atoms with Crippen molar-refractivity contribution >= 4 is 33.3 Å². The predicted molar refractivity (Wildman–Crippen MR) is 122 cm³/mol. The van der Waals surface area contributed by atoms with Crippen LogP contribution in [0.1, 0.15) is 15.9 Å². The third-order valence-corrected chi connectivity index (χ3v) is 5.07. The van der Waals surface area contributed by atoms with Crippen molar-refractivity contribution < 1.29 is 9.18 Å². The predicted octanol–water partition coefficient (Wildman–Crippen LogP) is 5.72. The van der Waals surface area contributed by atoms with Gasteiger partial charge in [0.15, 0.2) is 5.82 Å². The van der Waals surface area contributed by atoms with Gasteiger partial charge < -0.3 is 10.6 Å². The van der Waals surface area contributed by atoms with Crippen LogP contribution in [0, 0.1) is 5.82 Å². The van der Waals surface area contributed by atoms with Crippen LogP contribution in [-0.4, -0.2) is 15.9 Å². The Balaban J connectivity index is 1.39. The highest BCUT2D eigenvalue weighted by Crippen LogP contribution is 2.20. The zero-order valence-electron chi connectivity index (χ0n) is 16.3. The fraction of sp³-hybridized carbons (Fsp3) is 0.0417. The van der Waals surface area contributed by atoms with Gasteiger partial charge in [-0.15, -0.1) is 0 Å². The van der Waals surface area contributed by atoms with E-state index in [4.69, 9.17) is 0 Å². The second-order valence-corrected chi connectivity index (χ2v) is 7.70. The normalized spacial score (nSPS) is 10.5. The zero-order chi connectivity index (χ0) is 21.6. The molecular formula is C24H18BrFN4O. The minimum absolute atomic E-state index is 0.143. The van der Waals surface area contributed by atoms with Gasteiger partial charge in [-0.25, -0.2) is 14.4 Å². The van der Waals surface area contributed by atoms with Crippen molar-refractivity contribution in [1.29, 1.82) is 0 Å². The van der Waals surface area contributed by atoms with Crippen molar-refractivity contribution in [2.75, 3.05) is 5.32 Å². The highest BCUT2D eigenvalue weighted by Gasteiger charge is 2.07. The Morgan fingerprint density at radius 1 is 0.903 bits per heavy atom. The molecule has 0 aliphatic rings. The molecule has 0 saturated carbocycles. The fourth-order valence-corrected chi connectivity index (χ4v) is 3.17. The highest BCUT2D eigenvalue weighted by atomic mass is 79.9. The number of benzene rings is 3. The number of anilines is 2. The second-order valence-electron chi connectivity index (χ2n) is 6.78. The van der Waals surface area contributed by atoms with Gasteiger partial charge in [0.1, 0.15) is 11.6 Å². The molecule has 1 aromatic heterocycles. The second kappa shape index (κ2) is 9.49. The van der Waals surface area contributed by atoms with Crippen LogP contribution >= 0.6 is 15.9 Å². The molecule has 7 heteroatoms. The van der Waals surface area contributed by atoms with Crippen molar-refractivity contribution in [2.45, 2.75) is 6.54 Å². The van der Waals surface area contributed by atoms with E-state index in [0.29, 0.717) is 23.8 Å². The molecule has 0 aliphatic carbocycles. The monoisotopic (exact) mass is 476 g/mol. The summed E-state index contributed by atoms with van der Waals surface area (Å²) < 4.78 is 14.1. The van der Waals surface area contributed by atoms with Crippen molar-refractivity contribution in [1.82, 2.24) is 15.3 Å². The molecule has 1 amide bonds. The summed E-state index contributed by atoms with van der Waals surface area (Å²) in [6, 6.07) is 22.7. The van der Waals surface area contributed by atoms with E-state index in [0.717, 1.165) is 21.3 Å². The van der Waals surface area contributed by atoms with Crippen LogP contribution in [0.25, 0.3) is 11.4 Å². The maximum absolute atomic E-state index is 13.1. The molecule has 0 spiro atoms.